The average molecular weight is 464 g/mol. The third-order valence-electron chi connectivity index (χ3n) is 3.84. The first kappa shape index (κ1) is 23.8. The van der Waals surface area contributed by atoms with Gasteiger partial charge in [0, 0.05) is 26.7 Å². The Bertz CT molecular complexity index is 512. The molecule has 0 aliphatic rings. The van der Waals surface area contributed by atoms with Crippen LogP contribution in [0, 0.1) is 0 Å². The van der Waals surface area contributed by atoms with Gasteiger partial charge < -0.3 is 25.0 Å². The molecule has 7 heteroatoms. The number of aliphatic imine (C=N–C) groups is 1. The van der Waals surface area contributed by atoms with E-state index >= 15 is 0 Å². The molecule has 0 saturated heterocycles. The van der Waals surface area contributed by atoms with Gasteiger partial charge in [-0.25, -0.2) is 0 Å². The van der Waals surface area contributed by atoms with Gasteiger partial charge in [0.05, 0.1) is 14.2 Å². The first-order valence-corrected chi connectivity index (χ1v) is 8.56. The number of halogens is 1. The zero-order chi connectivity index (χ0) is 17.8. The molecule has 144 valence electrons. The molecule has 6 nitrogen and oxygen atoms in total. The summed E-state index contributed by atoms with van der Waals surface area (Å²) in [7, 11) is 5.07. The number of nitrogens with one attached hydrogen (secondary N) is 2. The molecule has 1 aromatic rings. The largest absolute Gasteiger partial charge is 0.493 e. The molecule has 0 radical (unpaired) electrons. The highest BCUT2D eigenvalue weighted by Gasteiger charge is 2.06. The van der Waals surface area contributed by atoms with Crippen molar-refractivity contribution in [3.8, 4) is 11.5 Å². The van der Waals surface area contributed by atoms with Crippen LogP contribution in [-0.4, -0.2) is 58.3 Å². The number of methoxy groups -OCH3 is 2. The molecular weight excluding hydrogens is 431 g/mol. The normalized spacial score (nSPS) is 11.0. The SMILES string of the molecule is CCCN(CC)CCNC(=NC)NCc1ccc(OC)c(OC)c1.I. The molecule has 25 heavy (non-hydrogen) atoms. The third kappa shape index (κ3) is 8.62. The summed E-state index contributed by atoms with van der Waals surface area (Å²) in [4.78, 5) is 6.69. The van der Waals surface area contributed by atoms with Gasteiger partial charge >= 0.3 is 0 Å². The molecule has 1 rings (SSSR count). The van der Waals surface area contributed by atoms with Crippen LogP contribution in [0.5, 0.6) is 11.5 Å². The Hall–Kier alpha value is -1.22. The van der Waals surface area contributed by atoms with Crippen LogP contribution in [0.3, 0.4) is 0 Å². The van der Waals surface area contributed by atoms with Gasteiger partial charge in [-0.1, -0.05) is 19.9 Å². The molecule has 0 aromatic heterocycles. The smallest absolute Gasteiger partial charge is 0.191 e. The second kappa shape index (κ2) is 14.0. The average Bonchev–Trinajstić information content (AvgIpc) is 2.63. The number of likely N-dealkylation sites (N-methyl/N-ethyl adjacent to an activating group) is 1. The van der Waals surface area contributed by atoms with Crippen molar-refractivity contribution >= 4 is 29.9 Å². The molecule has 0 spiro atoms. The lowest BCUT2D eigenvalue weighted by Crippen LogP contribution is -2.41. The van der Waals surface area contributed by atoms with E-state index < -0.39 is 0 Å². The van der Waals surface area contributed by atoms with Gasteiger partial charge in [0.15, 0.2) is 17.5 Å². The minimum absolute atomic E-state index is 0. The van der Waals surface area contributed by atoms with Crippen LogP contribution in [0.25, 0.3) is 0 Å². The van der Waals surface area contributed by atoms with Crippen molar-refractivity contribution in [1.82, 2.24) is 15.5 Å². The van der Waals surface area contributed by atoms with E-state index in [1.807, 2.05) is 18.2 Å². The van der Waals surface area contributed by atoms with E-state index in [-0.39, 0.29) is 24.0 Å². The van der Waals surface area contributed by atoms with Gasteiger partial charge in [0.1, 0.15) is 0 Å². The van der Waals surface area contributed by atoms with Crippen LogP contribution < -0.4 is 20.1 Å². The Kier molecular flexibility index (Phi) is 13.3. The van der Waals surface area contributed by atoms with Gasteiger partial charge in [-0.05, 0) is 37.2 Å². The summed E-state index contributed by atoms with van der Waals surface area (Å²) >= 11 is 0. The topological polar surface area (TPSA) is 58.1 Å². The van der Waals surface area contributed by atoms with Crippen LogP contribution in [-0.2, 0) is 6.54 Å². The maximum Gasteiger partial charge on any atom is 0.191 e. The molecule has 0 unspecified atom stereocenters. The summed E-state index contributed by atoms with van der Waals surface area (Å²) < 4.78 is 10.6. The molecular formula is C18H33IN4O2. The molecule has 0 heterocycles. The third-order valence-corrected chi connectivity index (χ3v) is 3.84. The molecule has 0 aliphatic heterocycles. The highest BCUT2D eigenvalue weighted by molar-refractivity contribution is 14.0. The monoisotopic (exact) mass is 464 g/mol. The first-order chi connectivity index (χ1) is 11.7. The fourth-order valence-corrected chi connectivity index (χ4v) is 2.47. The number of nitrogens with zero attached hydrogens (tertiary/aromatic N) is 2. The van der Waals surface area contributed by atoms with E-state index in [4.69, 9.17) is 9.47 Å². The van der Waals surface area contributed by atoms with Crippen LogP contribution in [0.1, 0.15) is 25.8 Å². The number of ether oxygens (including phenoxy) is 2. The molecule has 0 fully saturated rings. The zero-order valence-corrected chi connectivity index (χ0v) is 18.4. The second-order valence-electron chi connectivity index (χ2n) is 5.48. The fourth-order valence-electron chi connectivity index (χ4n) is 2.47. The number of rotatable bonds is 10. The maximum atomic E-state index is 5.33. The van der Waals surface area contributed by atoms with E-state index in [2.05, 4.69) is 34.4 Å². The van der Waals surface area contributed by atoms with Crippen LogP contribution >= 0.6 is 24.0 Å². The lowest BCUT2D eigenvalue weighted by atomic mass is 10.2. The van der Waals surface area contributed by atoms with E-state index in [1.54, 1.807) is 21.3 Å². The van der Waals surface area contributed by atoms with E-state index in [0.717, 1.165) is 49.2 Å². The van der Waals surface area contributed by atoms with Crippen molar-refractivity contribution in [3.63, 3.8) is 0 Å². The molecule has 0 aliphatic carbocycles. The number of hydrogen-bond acceptors (Lipinski definition) is 4. The van der Waals surface area contributed by atoms with Gasteiger partial charge in [-0.15, -0.1) is 24.0 Å². The Morgan fingerprint density at radius 3 is 2.36 bits per heavy atom. The quantitative estimate of drug-likeness (QED) is 0.317. The second-order valence-corrected chi connectivity index (χ2v) is 5.48. The fraction of sp³-hybridized carbons (Fsp3) is 0.611. The highest BCUT2D eigenvalue weighted by Crippen LogP contribution is 2.27. The molecule has 1 aromatic carbocycles. The Balaban J connectivity index is 0.00000576. The van der Waals surface area contributed by atoms with E-state index in [1.165, 1.54) is 6.42 Å². The molecule has 0 saturated carbocycles. The summed E-state index contributed by atoms with van der Waals surface area (Å²) in [6.45, 7) is 9.18. The zero-order valence-electron chi connectivity index (χ0n) is 16.1. The lowest BCUT2D eigenvalue weighted by molar-refractivity contribution is 0.293. The lowest BCUT2D eigenvalue weighted by Gasteiger charge is -2.20. The minimum Gasteiger partial charge on any atom is -0.493 e. The van der Waals surface area contributed by atoms with Crippen molar-refractivity contribution in [2.75, 3.05) is 47.4 Å². The van der Waals surface area contributed by atoms with Crippen molar-refractivity contribution in [1.29, 1.82) is 0 Å². The maximum absolute atomic E-state index is 5.33. The number of benzene rings is 1. The van der Waals surface area contributed by atoms with Crippen LogP contribution in [0.15, 0.2) is 23.2 Å². The Morgan fingerprint density at radius 1 is 1.08 bits per heavy atom. The van der Waals surface area contributed by atoms with Gasteiger partial charge in [-0.3, -0.25) is 4.99 Å². The van der Waals surface area contributed by atoms with Gasteiger partial charge in [0.25, 0.3) is 0 Å². The van der Waals surface area contributed by atoms with Crippen molar-refractivity contribution < 1.29 is 9.47 Å². The minimum atomic E-state index is 0. The van der Waals surface area contributed by atoms with Crippen LogP contribution in [0.2, 0.25) is 0 Å². The van der Waals surface area contributed by atoms with E-state index in [9.17, 15) is 0 Å². The summed E-state index contributed by atoms with van der Waals surface area (Å²) in [5.41, 5.74) is 1.11. The van der Waals surface area contributed by atoms with Crippen molar-refractivity contribution in [3.05, 3.63) is 23.8 Å². The molecule has 0 amide bonds. The molecule has 2 N–H and O–H groups in total. The van der Waals surface area contributed by atoms with Crippen molar-refractivity contribution in [2.24, 2.45) is 4.99 Å². The molecule has 0 atom stereocenters. The highest BCUT2D eigenvalue weighted by atomic mass is 127. The van der Waals surface area contributed by atoms with Gasteiger partial charge in [0.2, 0.25) is 0 Å². The molecule has 0 bridgehead atoms. The van der Waals surface area contributed by atoms with Crippen molar-refractivity contribution in [2.45, 2.75) is 26.8 Å². The first-order valence-electron chi connectivity index (χ1n) is 8.56. The predicted molar refractivity (Wildman–Crippen MR) is 116 cm³/mol. The standard InChI is InChI=1S/C18H32N4O2.HI/c1-6-11-22(7-2)12-10-20-18(19-3)21-14-15-8-9-16(23-4)17(13-15)24-5;/h8-9,13H,6-7,10-12,14H2,1-5H3,(H2,19,20,21);1H. The summed E-state index contributed by atoms with van der Waals surface area (Å²) in [6.07, 6.45) is 1.18. The van der Waals surface area contributed by atoms with Crippen LogP contribution in [0.4, 0.5) is 0 Å². The summed E-state index contributed by atoms with van der Waals surface area (Å²) in [6, 6.07) is 5.90. The number of guanidine groups is 1. The van der Waals surface area contributed by atoms with Gasteiger partial charge in [-0.2, -0.15) is 0 Å². The van der Waals surface area contributed by atoms with E-state index in [0.29, 0.717) is 6.54 Å². The Morgan fingerprint density at radius 2 is 1.80 bits per heavy atom. The predicted octanol–water partition coefficient (Wildman–Crippen LogP) is 2.72. The number of hydrogen-bond donors (Lipinski definition) is 2. The summed E-state index contributed by atoms with van der Waals surface area (Å²) in [5, 5.41) is 6.68. The Labute approximate surface area is 169 Å². The summed E-state index contributed by atoms with van der Waals surface area (Å²) in [5.74, 6) is 2.27.